The zero-order valence-corrected chi connectivity index (χ0v) is 15.4. The van der Waals surface area contributed by atoms with Gasteiger partial charge in [0.15, 0.2) is 0 Å². The number of nitrogens with zero attached hydrogens (tertiary/aromatic N) is 4. The third-order valence-corrected chi connectivity index (χ3v) is 5.12. The summed E-state index contributed by atoms with van der Waals surface area (Å²) in [7, 11) is 0. The van der Waals surface area contributed by atoms with E-state index in [-0.39, 0.29) is 23.3 Å². The van der Waals surface area contributed by atoms with Crippen LogP contribution in [0.5, 0.6) is 0 Å². The predicted molar refractivity (Wildman–Crippen MR) is 95.7 cm³/mol. The quantitative estimate of drug-likeness (QED) is 0.831. The zero-order valence-electron chi connectivity index (χ0n) is 15.4. The first-order valence-corrected chi connectivity index (χ1v) is 9.05. The van der Waals surface area contributed by atoms with E-state index in [1.165, 1.54) is 5.56 Å². The number of carbonyl (C=O) groups excluding carboxylic acids is 2. The van der Waals surface area contributed by atoms with Crippen LogP contribution in [-0.2, 0) is 16.1 Å². The lowest BCUT2D eigenvalue weighted by atomic mass is 10.1. The average molecular weight is 344 g/mol. The number of hydrogen-bond acceptors (Lipinski definition) is 4. The maximum atomic E-state index is 12.8. The fourth-order valence-electron chi connectivity index (χ4n) is 3.65. The molecule has 2 aliphatic rings. The molecule has 0 bridgehead atoms. The van der Waals surface area contributed by atoms with Crippen molar-refractivity contribution in [2.45, 2.75) is 39.3 Å². The molecular formula is C19H28N4O2. The first-order valence-electron chi connectivity index (χ1n) is 9.05. The number of hydrogen-bond donors (Lipinski definition) is 0. The van der Waals surface area contributed by atoms with Gasteiger partial charge in [-0.1, -0.05) is 0 Å². The Morgan fingerprint density at radius 2 is 1.80 bits per heavy atom. The first-order chi connectivity index (χ1) is 11.8. The molecule has 6 nitrogen and oxygen atoms in total. The van der Waals surface area contributed by atoms with Gasteiger partial charge in [0.2, 0.25) is 11.8 Å². The standard InChI is InChI=1S/C19H28N4O2/c1-19(2,3)23-14-16(12-17(23)24)18(25)22-10-8-21(9-11-22)13-15-4-6-20-7-5-15/h4-7,16H,8-14H2,1-3H3. The third-order valence-electron chi connectivity index (χ3n) is 5.12. The van der Waals surface area contributed by atoms with E-state index >= 15 is 0 Å². The number of piperazine rings is 1. The fourth-order valence-corrected chi connectivity index (χ4v) is 3.65. The van der Waals surface area contributed by atoms with Crippen LogP contribution in [0.4, 0.5) is 0 Å². The monoisotopic (exact) mass is 344 g/mol. The van der Waals surface area contributed by atoms with Crippen molar-refractivity contribution in [2.24, 2.45) is 5.92 Å². The molecule has 25 heavy (non-hydrogen) atoms. The Kier molecular flexibility index (Phi) is 5.08. The van der Waals surface area contributed by atoms with Crippen molar-refractivity contribution in [3.63, 3.8) is 0 Å². The minimum Gasteiger partial charge on any atom is -0.340 e. The smallest absolute Gasteiger partial charge is 0.228 e. The van der Waals surface area contributed by atoms with Gasteiger partial charge in [-0.05, 0) is 38.5 Å². The summed E-state index contributed by atoms with van der Waals surface area (Å²) >= 11 is 0. The van der Waals surface area contributed by atoms with E-state index in [4.69, 9.17) is 0 Å². The molecule has 2 fully saturated rings. The molecule has 0 N–H and O–H groups in total. The van der Waals surface area contributed by atoms with Gasteiger partial charge in [0.05, 0.1) is 5.92 Å². The van der Waals surface area contributed by atoms with Crippen LogP contribution in [-0.4, -0.2) is 69.8 Å². The number of amides is 2. The Morgan fingerprint density at radius 3 is 2.36 bits per heavy atom. The van der Waals surface area contributed by atoms with Crippen molar-refractivity contribution in [3.05, 3.63) is 30.1 Å². The summed E-state index contributed by atoms with van der Waals surface area (Å²) in [6, 6.07) is 4.06. The summed E-state index contributed by atoms with van der Waals surface area (Å²) in [6.07, 6.45) is 3.98. The molecule has 3 rings (SSSR count). The highest BCUT2D eigenvalue weighted by Gasteiger charge is 2.41. The summed E-state index contributed by atoms with van der Waals surface area (Å²) < 4.78 is 0. The van der Waals surface area contributed by atoms with Crippen LogP contribution in [0.2, 0.25) is 0 Å². The predicted octanol–water partition coefficient (Wildman–Crippen LogP) is 1.37. The Balaban J connectivity index is 1.51. The van der Waals surface area contributed by atoms with E-state index < -0.39 is 0 Å². The number of carbonyl (C=O) groups is 2. The molecule has 0 aliphatic carbocycles. The van der Waals surface area contributed by atoms with E-state index in [1.54, 1.807) is 0 Å². The van der Waals surface area contributed by atoms with Gasteiger partial charge in [0.25, 0.3) is 0 Å². The summed E-state index contributed by atoms with van der Waals surface area (Å²) in [6.45, 7) is 10.7. The molecule has 2 saturated heterocycles. The SMILES string of the molecule is CC(C)(C)N1CC(C(=O)N2CCN(Cc3ccncc3)CC2)CC1=O. The van der Waals surface area contributed by atoms with Crippen molar-refractivity contribution in [2.75, 3.05) is 32.7 Å². The number of likely N-dealkylation sites (tertiary alicyclic amines) is 1. The lowest BCUT2D eigenvalue weighted by molar-refractivity contribution is -0.137. The van der Waals surface area contributed by atoms with Gasteiger partial charge in [-0.3, -0.25) is 19.5 Å². The van der Waals surface area contributed by atoms with Crippen molar-refractivity contribution in [1.29, 1.82) is 0 Å². The van der Waals surface area contributed by atoms with E-state index in [0.717, 1.165) is 32.7 Å². The molecule has 0 spiro atoms. The van der Waals surface area contributed by atoms with Crippen LogP contribution in [0.1, 0.15) is 32.8 Å². The highest BCUT2D eigenvalue weighted by Crippen LogP contribution is 2.27. The highest BCUT2D eigenvalue weighted by atomic mass is 16.2. The Hall–Kier alpha value is -1.95. The molecule has 1 aromatic heterocycles. The minimum atomic E-state index is -0.213. The van der Waals surface area contributed by atoms with Gasteiger partial charge in [0.1, 0.15) is 0 Å². The van der Waals surface area contributed by atoms with E-state index in [9.17, 15) is 9.59 Å². The van der Waals surface area contributed by atoms with Gasteiger partial charge in [-0.15, -0.1) is 0 Å². The molecule has 2 aliphatic heterocycles. The Morgan fingerprint density at radius 1 is 1.16 bits per heavy atom. The first kappa shape index (κ1) is 17.9. The molecule has 1 unspecified atom stereocenters. The number of rotatable bonds is 3. The van der Waals surface area contributed by atoms with Crippen LogP contribution < -0.4 is 0 Å². The Labute approximate surface area is 149 Å². The molecule has 2 amide bonds. The molecule has 6 heteroatoms. The van der Waals surface area contributed by atoms with Crippen LogP contribution >= 0.6 is 0 Å². The largest absolute Gasteiger partial charge is 0.340 e. The normalized spacial score (nSPS) is 22.5. The van der Waals surface area contributed by atoms with E-state index in [1.807, 2.05) is 55.1 Å². The van der Waals surface area contributed by atoms with Crippen LogP contribution in [0.25, 0.3) is 0 Å². The molecule has 1 atom stereocenters. The second-order valence-electron chi connectivity index (χ2n) is 8.03. The lowest BCUT2D eigenvalue weighted by Crippen LogP contribution is -2.50. The zero-order chi connectivity index (χ0) is 18.0. The van der Waals surface area contributed by atoms with Crippen molar-refractivity contribution in [1.82, 2.24) is 19.7 Å². The van der Waals surface area contributed by atoms with Gasteiger partial charge < -0.3 is 9.80 Å². The molecule has 0 saturated carbocycles. The maximum absolute atomic E-state index is 12.8. The van der Waals surface area contributed by atoms with Gasteiger partial charge in [0, 0.05) is 63.6 Å². The maximum Gasteiger partial charge on any atom is 0.228 e. The van der Waals surface area contributed by atoms with Gasteiger partial charge in [-0.25, -0.2) is 0 Å². The van der Waals surface area contributed by atoms with Gasteiger partial charge in [-0.2, -0.15) is 0 Å². The Bertz CT molecular complexity index is 618. The highest BCUT2D eigenvalue weighted by molar-refractivity contribution is 5.89. The van der Waals surface area contributed by atoms with Crippen molar-refractivity contribution >= 4 is 11.8 Å². The second kappa shape index (κ2) is 7.12. The molecular weight excluding hydrogens is 316 g/mol. The van der Waals surface area contributed by atoms with Crippen molar-refractivity contribution in [3.8, 4) is 0 Å². The molecule has 1 aromatic rings. The number of aromatic nitrogens is 1. The minimum absolute atomic E-state index is 0.0992. The third kappa shape index (κ3) is 4.18. The van der Waals surface area contributed by atoms with Crippen LogP contribution in [0.15, 0.2) is 24.5 Å². The van der Waals surface area contributed by atoms with Crippen LogP contribution in [0.3, 0.4) is 0 Å². The van der Waals surface area contributed by atoms with Crippen LogP contribution in [0, 0.1) is 5.92 Å². The summed E-state index contributed by atoms with van der Waals surface area (Å²) in [5.74, 6) is 0.0595. The summed E-state index contributed by atoms with van der Waals surface area (Å²) in [5.41, 5.74) is 1.03. The topological polar surface area (TPSA) is 56.8 Å². The van der Waals surface area contributed by atoms with E-state index in [0.29, 0.717) is 13.0 Å². The average Bonchev–Trinajstić information content (AvgIpc) is 2.98. The molecule has 0 aromatic carbocycles. The molecule has 136 valence electrons. The van der Waals surface area contributed by atoms with E-state index in [2.05, 4.69) is 9.88 Å². The number of pyridine rings is 1. The van der Waals surface area contributed by atoms with Gasteiger partial charge >= 0.3 is 0 Å². The molecule has 0 radical (unpaired) electrons. The molecule has 3 heterocycles. The lowest BCUT2D eigenvalue weighted by Gasteiger charge is -2.36. The summed E-state index contributed by atoms with van der Waals surface area (Å²) in [5, 5.41) is 0. The second-order valence-corrected chi connectivity index (χ2v) is 8.03. The summed E-state index contributed by atoms with van der Waals surface area (Å²) in [4.78, 5) is 35.2. The van der Waals surface area contributed by atoms with Crippen molar-refractivity contribution < 1.29 is 9.59 Å². The fraction of sp³-hybridized carbons (Fsp3) is 0.632.